The Morgan fingerprint density at radius 3 is 2.21 bits per heavy atom. The van der Waals surface area contributed by atoms with Crippen LogP contribution in [0.15, 0.2) is 0 Å². The highest BCUT2D eigenvalue weighted by Crippen LogP contribution is 2.22. The van der Waals surface area contributed by atoms with Crippen molar-refractivity contribution in [2.24, 2.45) is 5.92 Å². The Hall–Kier alpha value is -1.26. The summed E-state index contributed by atoms with van der Waals surface area (Å²) in [7, 11) is 0. The van der Waals surface area contributed by atoms with E-state index in [4.69, 9.17) is 5.11 Å². The van der Waals surface area contributed by atoms with Crippen molar-refractivity contribution >= 4 is 12.0 Å². The Kier molecular flexibility index (Phi) is 5.63. The standard InChI is InChI=1S/C14H26N2O3/c1-9(2)8-12(13(17)18)15-14(19)16-10(3)6-5-7-11(16)4/h9-12H,5-8H2,1-4H3,(H,15,19)(H,17,18)/t10?,11?,12-/m0/s1. The summed E-state index contributed by atoms with van der Waals surface area (Å²) in [6.07, 6.45) is 3.55. The van der Waals surface area contributed by atoms with Crippen LogP contribution in [-0.2, 0) is 4.79 Å². The molecule has 0 saturated carbocycles. The zero-order chi connectivity index (χ0) is 14.6. The minimum Gasteiger partial charge on any atom is -0.480 e. The topological polar surface area (TPSA) is 69.6 Å². The van der Waals surface area contributed by atoms with E-state index in [1.807, 2.05) is 27.7 Å². The maximum absolute atomic E-state index is 12.3. The molecule has 0 bridgehead atoms. The summed E-state index contributed by atoms with van der Waals surface area (Å²) in [4.78, 5) is 25.2. The van der Waals surface area contributed by atoms with Crippen LogP contribution in [0.2, 0.25) is 0 Å². The molecule has 0 aromatic rings. The van der Waals surface area contributed by atoms with E-state index in [1.165, 1.54) is 0 Å². The monoisotopic (exact) mass is 270 g/mol. The Labute approximate surface area is 115 Å². The highest BCUT2D eigenvalue weighted by Gasteiger charge is 2.31. The summed E-state index contributed by atoms with van der Waals surface area (Å²) >= 11 is 0. The van der Waals surface area contributed by atoms with Gasteiger partial charge in [0.05, 0.1) is 0 Å². The third-order valence-corrected chi connectivity index (χ3v) is 3.73. The Bertz CT molecular complexity index is 321. The number of carbonyl (C=O) groups is 2. The van der Waals surface area contributed by atoms with Crippen molar-refractivity contribution in [2.45, 2.75) is 71.5 Å². The predicted octanol–water partition coefficient (Wildman–Crippen LogP) is 2.46. The minimum absolute atomic E-state index is 0.178. The molecule has 5 heteroatoms. The molecule has 0 radical (unpaired) electrons. The van der Waals surface area contributed by atoms with E-state index in [0.29, 0.717) is 6.42 Å². The summed E-state index contributed by atoms with van der Waals surface area (Å²) in [5.74, 6) is -0.725. The highest BCUT2D eigenvalue weighted by atomic mass is 16.4. The molecular formula is C14H26N2O3. The van der Waals surface area contributed by atoms with E-state index in [0.717, 1.165) is 19.3 Å². The predicted molar refractivity (Wildman–Crippen MR) is 74.0 cm³/mol. The van der Waals surface area contributed by atoms with E-state index in [-0.39, 0.29) is 24.0 Å². The molecule has 110 valence electrons. The molecule has 5 nitrogen and oxygen atoms in total. The van der Waals surface area contributed by atoms with E-state index in [1.54, 1.807) is 4.90 Å². The average Bonchev–Trinajstić information content (AvgIpc) is 2.27. The van der Waals surface area contributed by atoms with Crippen LogP contribution in [0.4, 0.5) is 4.79 Å². The van der Waals surface area contributed by atoms with Crippen molar-refractivity contribution in [3.05, 3.63) is 0 Å². The van der Waals surface area contributed by atoms with Crippen LogP contribution in [0.25, 0.3) is 0 Å². The first-order valence-corrected chi connectivity index (χ1v) is 7.14. The number of nitrogens with zero attached hydrogens (tertiary/aromatic N) is 1. The summed E-state index contributed by atoms with van der Waals surface area (Å²) in [6.45, 7) is 7.95. The largest absolute Gasteiger partial charge is 0.480 e. The highest BCUT2D eigenvalue weighted by molar-refractivity contribution is 5.82. The number of likely N-dealkylation sites (tertiary alicyclic amines) is 1. The van der Waals surface area contributed by atoms with Gasteiger partial charge in [0.25, 0.3) is 0 Å². The number of rotatable bonds is 4. The van der Waals surface area contributed by atoms with E-state index in [2.05, 4.69) is 5.32 Å². The van der Waals surface area contributed by atoms with Crippen molar-refractivity contribution in [1.82, 2.24) is 10.2 Å². The number of carboxylic acid groups (broad SMARTS) is 1. The van der Waals surface area contributed by atoms with E-state index >= 15 is 0 Å². The molecule has 1 heterocycles. The zero-order valence-electron chi connectivity index (χ0n) is 12.3. The van der Waals surface area contributed by atoms with Gasteiger partial charge >= 0.3 is 12.0 Å². The van der Waals surface area contributed by atoms with Crippen LogP contribution in [-0.4, -0.2) is 40.1 Å². The van der Waals surface area contributed by atoms with E-state index < -0.39 is 12.0 Å². The molecule has 1 rings (SSSR count). The van der Waals surface area contributed by atoms with Crippen LogP contribution >= 0.6 is 0 Å². The van der Waals surface area contributed by atoms with Gasteiger partial charge in [-0.3, -0.25) is 0 Å². The maximum Gasteiger partial charge on any atom is 0.326 e. The van der Waals surface area contributed by atoms with Crippen molar-refractivity contribution in [3.63, 3.8) is 0 Å². The van der Waals surface area contributed by atoms with Crippen molar-refractivity contribution in [2.75, 3.05) is 0 Å². The maximum atomic E-state index is 12.3. The summed E-state index contributed by atoms with van der Waals surface area (Å²) < 4.78 is 0. The molecule has 0 aromatic carbocycles. The SMILES string of the molecule is CC(C)C[C@H](NC(=O)N1C(C)CCCC1C)C(=O)O. The van der Waals surface area contributed by atoms with Crippen LogP contribution in [0.5, 0.6) is 0 Å². The third-order valence-electron chi connectivity index (χ3n) is 3.73. The first-order valence-electron chi connectivity index (χ1n) is 7.14. The molecule has 1 saturated heterocycles. The smallest absolute Gasteiger partial charge is 0.326 e. The average molecular weight is 270 g/mol. The molecule has 2 unspecified atom stereocenters. The van der Waals surface area contributed by atoms with Gasteiger partial charge in [0.2, 0.25) is 0 Å². The number of hydrogen-bond acceptors (Lipinski definition) is 2. The number of piperidine rings is 1. The molecule has 19 heavy (non-hydrogen) atoms. The van der Waals surface area contributed by atoms with Crippen molar-refractivity contribution in [3.8, 4) is 0 Å². The van der Waals surface area contributed by atoms with Gasteiger partial charge in [0, 0.05) is 12.1 Å². The fourth-order valence-corrected chi connectivity index (χ4v) is 2.74. The van der Waals surface area contributed by atoms with Gasteiger partial charge in [0.1, 0.15) is 6.04 Å². The molecule has 1 aliphatic rings. The fourth-order valence-electron chi connectivity index (χ4n) is 2.74. The number of urea groups is 1. The molecule has 1 aliphatic heterocycles. The molecule has 0 aliphatic carbocycles. The number of carbonyl (C=O) groups excluding carboxylic acids is 1. The summed E-state index contributed by atoms with van der Waals surface area (Å²) in [5.41, 5.74) is 0. The molecule has 2 amide bonds. The lowest BCUT2D eigenvalue weighted by molar-refractivity contribution is -0.139. The van der Waals surface area contributed by atoms with Crippen LogP contribution < -0.4 is 5.32 Å². The second kappa shape index (κ2) is 6.78. The first kappa shape index (κ1) is 15.8. The van der Waals surface area contributed by atoms with Gasteiger partial charge in [-0.2, -0.15) is 0 Å². The zero-order valence-corrected chi connectivity index (χ0v) is 12.3. The molecule has 3 atom stereocenters. The van der Waals surface area contributed by atoms with Gasteiger partial charge in [-0.1, -0.05) is 13.8 Å². The Morgan fingerprint density at radius 2 is 1.79 bits per heavy atom. The van der Waals surface area contributed by atoms with Crippen molar-refractivity contribution < 1.29 is 14.7 Å². The second-order valence-electron chi connectivity index (χ2n) is 6.01. The minimum atomic E-state index is -0.959. The van der Waals surface area contributed by atoms with Gasteiger partial charge in [-0.05, 0) is 45.4 Å². The molecule has 0 aromatic heterocycles. The van der Waals surface area contributed by atoms with Crippen molar-refractivity contribution in [1.29, 1.82) is 0 Å². The van der Waals surface area contributed by atoms with Crippen LogP contribution in [0.1, 0.15) is 53.4 Å². The van der Waals surface area contributed by atoms with Gasteiger partial charge in [-0.15, -0.1) is 0 Å². The molecule has 0 spiro atoms. The van der Waals surface area contributed by atoms with E-state index in [9.17, 15) is 9.59 Å². The number of aliphatic carboxylic acids is 1. The van der Waals surface area contributed by atoms with Crippen LogP contribution in [0, 0.1) is 5.92 Å². The van der Waals surface area contributed by atoms with Gasteiger partial charge in [0.15, 0.2) is 0 Å². The van der Waals surface area contributed by atoms with Gasteiger partial charge in [-0.25, -0.2) is 9.59 Å². The molecular weight excluding hydrogens is 244 g/mol. The molecule has 2 N–H and O–H groups in total. The van der Waals surface area contributed by atoms with Gasteiger partial charge < -0.3 is 15.3 Å². The first-order chi connectivity index (χ1) is 8.82. The van der Waals surface area contributed by atoms with Crippen LogP contribution in [0.3, 0.4) is 0 Å². The second-order valence-corrected chi connectivity index (χ2v) is 6.01. The summed E-state index contributed by atoms with van der Waals surface area (Å²) in [5, 5.41) is 11.8. The number of amides is 2. The number of carboxylic acids is 1. The molecule has 1 fully saturated rings. The quantitative estimate of drug-likeness (QED) is 0.824. The Morgan fingerprint density at radius 1 is 1.26 bits per heavy atom. The summed E-state index contributed by atoms with van der Waals surface area (Å²) in [6, 6.07) is -0.684. The lowest BCUT2D eigenvalue weighted by Gasteiger charge is -2.39. The fraction of sp³-hybridized carbons (Fsp3) is 0.857. The Balaban J connectivity index is 2.67. The lowest BCUT2D eigenvalue weighted by atomic mass is 9.98. The normalized spacial score (nSPS) is 25.2. The number of nitrogens with one attached hydrogen (secondary N) is 1. The number of hydrogen-bond donors (Lipinski definition) is 2. The third kappa shape index (κ3) is 4.40. The lowest BCUT2D eigenvalue weighted by Crippen LogP contribution is -2.55.